The number of hydrogen-bond acceptors (Lipinski definition) is 6. The summed E-state index contributed by atoms with van der Waals surface area (Å²) in [4.78, 5) is 12.0. The second-order valence-electron chi connectivity index (χ2n) is 6.00. The molecule has 3 rings (SSSR count). The Hall–Kier alpha value is -2.09. The molecule has 1 fully saturated rings. The first-order valence-electron chi connectivity index (χ1n) is 8.68. The largest absolute Gasteiger partial charge is 0.492 e. The minimum absolute atomic E-state index is 0.0418. The van der Waals surface area contributed by atoms with Gasteiger partial charge in [-0.2, -0.15) is 0 Å². The van der Waals surface area contributed by atoms with E-state index in [1.807, 2.05) is 35.0 Å². The monoisotopic (exact) mass is 361 g/mol. The number of amides is 1. The van der Waals surface area contributed by atoms with Gasteiger partial charge in [-0.1, -0.05) is 49.2 Å². The molecular weight excluding hydrogens is 338 g/mol. The fraction of sp³-hybridized carbons (Fsp3) is 0.529. The average Bonchev–Trinajstić information content (AvgIpc) is 3.14. The van der Waals surface area contributed by atoms with Crippen LogP contribution in [0, 0.1) is 0 Å². The fourth-order valence-electron chi connectivity index (χ4n) is 2.89. The highest BCUT2D eigenvalue weighted by molar-refractivity contribution is 7.99. The van der Waals surface area contributed by atoms with Crippen LogP contribution in [-0.2, 0) is 4.79 Å². The molecule has 1 aliphatic rings. The van der Waals surface area contributed by atoms with Crippen molar-refractivity contribution in [3.05, 3.63) is 30.3 Å². The van der Waals surface area contributed by atoms with Gasteiger partial charge in [0.25, 0.3) is 0 Å². The van der Waals surface area contributed by atoms with Gasteiger partial charge in [0.05, 0.1) is 18.3 Å². The van der Waals surface area contributed by atoms with Crippen molar-refractivity contribution in [2.45, 2.75) is 43.3 Å². The number of nitrogens with one attached hydrogen (secondary N) is 1. The van der Waals surface area contributed by atoms with Gasteiger partial charge in [0.1, 0.15) is 12.4 Å². The maximum Gasteiger partial charge on any atom is 0.230 e. The van der Waals surface area contributed by atoms with Crippen LogP contribution >= 0.6 is 11.8 Å². The van der Waals surface area contributed by atoms with E-state index in [4.69, 9.17) is 4.74 Å². The zero-order valence-corrected chi connectivity index (χ0v) is 15.0. The van der Waals surface area contributed by atoms with Gasteiger partial charge in [-0.15, -0.1) is 5.10 Å². The summed E-state index contributed by atoms with van der Waals surface area (Å²) in [5.74, 6) is 1.07. The smallest absolute Gasteiger partial charge is 0.230 e. The molecule has 1 aromatic carbocycles. The first kappa shape index (κ1) is 17.7. The standard InChI is InChI=1S/C17H23N5O2S/c23-16(18-11-12-24-15-9-5-2-6-10-15)13-25-17-19-20-21-22(17)14-7-3-1-4-8-14/h2,5-6,9-10,14H,1,3-4,7-8,11-13H2,(H,18,23). The lowest BCUT2D eigenvalue weighted by atomic mass is 9.96. The second kappa shape index (κ2) is 9.41. The van der Waals surface area contributed by atoms with Crippen LogP contribution < -0.4 is 10.1 Å². The molecular formula is C17H23N5O2S. The average molecular weight is 361 g/mol. The highest BCUT2D eigenvalue weighted by atomic mass is 32.2. The lowest BCUT2D eigenvalue weighted by Crippen LogP contribution is -2.29. The Morgan fingerprint density at radius 1 is 1.24 bits per heavy atom. The van der Waals surface area contributed by atoms with Gasteiger partial charge < -0.3 is 10.1 Å². The third-order valence-electron chi connectivity index (χ3n) is 4.15. The summed E-state index contributed by atoms with van der Waals surface area (Å²) in [5, 5.41) is 15.5. The van der Waals surface area contributed by atoms with E-state index in [0.717, 1.165) is 23.7 Å². The van der Waals surface area contributed by atoms with Crippen molar-refractivity contribution < 1.29 is 9.53 Å². The summed E-state index contributed by atoms with van der Waals surface area (Å²) in [6.07, 6.45) is 5.95. The number of para-hydroxylation sites is 1. The Morgan fingerprint density at radius 3 is 2.84 bits per heavy atom. The van der Waals surface area contributed by atoms with E-state index in [9.17, 15) is 4.79 Å². The Labute approximate surface area is 151 Å². The summed E-state index contributed by atoms with van der Waals surface area (Å²) in [7, 11) is 0. The molecule has 0 bridgehead atoms. The lowest BCUT2D eigenvalue weighted by molar-refractivity contribution is -0.118. The number of nitrogens with zero attached hydrogens (tertiary/aromatic N) is 4. The van der Waals surface area contributed by atoms with Crippen LogP contribution in [0.5, 0.6) is 5.75 Å². The van der Waals surface area contributed by atoms with Crippen LogP contribution in [0.15, 0.2) is 35.5 Å². The van der Waals surface area contributed by atoms with Crippen molar-refractivity contribution in [1.29, 1.82) is 0 Å². The van der Waals surface area contributed by atoms with Crippen LogP contribution in [0.3, 0.4) is 0 Å². The van der Waals surface area contributed by atoms with Crippen LogP contribution in [0.4, 0.5) is 0 Å². The molecule has 0 atom stereocenters. The van der Waals surface area contributed by atoms with E-state index in [2.05, 4.69) is 20.8 Å². The van der Waals surface area contributed by atoms with Gasteiger partial charge in [0, 0.05) is 0 Å². The molecule has 0 saturated heterocycles. The minimum Gasteiger partial charge on any atom is -0.492 e. The highest BCUT2D eigenvalue weighted by Gasteiger charge is 2.20. The van der Waals surface area contributed by atoms with E-state index in [0.29, 0.717) is 24.9 Å². The van der Waals surface area contributed by atoms with Crippen molar-refractivity contribution in [2.24, 2.45) is 0 Å². The molecule has 134 valence electrons. The number of hydrogen-bond donors (Lipinski definition) is 1. The normalized spacial score (nSPS) is 15.0. The van der Waals surface area contributed by atoms with Crippen molar-refractivity contribution in [3.63, 3.8) is 0 Å². The van der Waals surface area contributed by atoms with Crippen molar-refractivity contribution in [2.75, 3.05) is 18.9 Å². The number of tetrazole rings is 1. The number of carbonyl (C=O) groups is 1. The molecule has 0 radical (unpaired) electrons. The Morgan fingerprint density at radius 2 is 2.04 bits per heavy atom. The van der Waals surface area contributed by atoms with Gasteiger partial charge in [0.2, 0.25) is 11.1 Å². The quantitative estimate of drug-likeness (QED) is 0.574. The van der Waals surface area contributed by atoms with E-state index < -0.39 is 0 Å². The van der Waals surface area contributed by atoms with Gasteiger partial charge in [-0.05, 0) is 35.4 Å². The predicted molar refractivity (Wildman–Crippen MR) is 95.6 cm³/mol. The maximum absolute atomic E-state index is 12.0. The van der Waals surface area contributed by atoms with E-state index in [-0.39, 0.29) is 5.91 Å². The van der Waals surface area contributed by atoms with Gasteiger partial charge in [0.15, 0.2) is 0 Å². The first-order valence-corrected chi connectivity index (χ1v) is 9.67. The molecule has 1 N–H and O–H groups in total. The number of benzene rings is 1. The van der Waals surface area contributed by atoms with Crippen LogP contribution in [0.2, 0.25) is 0 Å². The summed E-state index contributed by atoms with van der Waals surface area (Å²) >= 11 is 1.38. The lowest BCUT2D eigenvalue weighted by Gasteiger charge is -2.21. The fourth-order valence-corrected chi connectivity index (χ4v) is 3.67. The van der Waals surface area contributed by atoms with Crippen molar-refractivity contribution in [1.82, 2.24) is 25.5 Å². The van der Waals surface area contributed by atoms with Gasteiger partial charge in [-0.3, -0.25) is 4.79 Å². The highest BCUT2D eigenvalue weighted by Crippen LogP contribution is 2.30. The molecule has 25 heavy (non-hydrogen) atoms. The molecule has 0 spiro atoms. The number of carbonyl (C=O) groups excluding carboxylic acids is 1. The second-order valence-corrected chi connectivity index (χ2v) is 6.94. The molecule has 0 aliphatic heterocycles. The molecule has 1 heterocycles. The molecule has 7 nitrogen and oxygen atoms in total. The molecule has 1 amide bonds. The molecule has 1 aliphatic carbocycles. The zero-order chi connectivity index (χ0) is 17.3. The topological polar surface area (TPSA) is 81.9 Å². The van der Waals surface area contributed by atoms with Crippen molar-refractivity contribution in [3.8, 4) is 5.75 Å². The number of aromatic nitrogens is 4. The van der Waals surface area contributed by atoms with Crippen molar-refractivity contribution >= 4 is 17.7 Å². The molecule has 0 unspecified atom stereocenters. The van der Waals surface area contributed by atoms with Gasteiger partial charge >= 0.3 is 0 Å². The third kappa shape index (κ3) is 5.45. The minimum atomic E-state index is -0.0418. The Balaban J connectivity index is 1.37. The Kier molecular flexibility index (Phi) is 6.67. The maximum atomic E-state index is 12.0. The summed E-state index contributed by atoms with van der Waals surface area (Å²) in [6.45, 7) is 0.919. The molecule has 8 heteroatoms. The van der Waals surface area contributed by atoms with E-state index in [1.54, 1.807) is 0 Å². The Bertz CT molecular complexity index is 658. The van der Waals surface area contributed by atoms with Crippen LogP contribution in [0.25, 0.3) is 0 Å². The summed E-state index contributed by atoms with van der Waals surface area (Å²) in [5.41, 5.74) is 0. The number of thioether (sulfide) groups is 1. The summed E-state index contributed by atoms with van der Waals surface area (Å²) in [6, 6.07) is 9.93. The predicted octanol–water partition coefficient (Wildman–Crippen LogP) is 2.47. The van der Waals surface area contributed by atoms with E-state index >= 15 is 0 Å². The molecule has 2 aromatic rings. The molecule has 1 saturated carbocycles. The third-order valence-corrected chi connectivity index (χ3v) is 5.09. The SMILES string of the molecule is O=C(CSc1nnnn1C1CCCCC1)NCCOc1ccccc1. The van der Waals surface area contributed by atoms with E-state index in [1.165, 1.54) is 31.0 Å². The van der Waals surface area contributed by atoms with Gasteiger partial charge in [-0.25, -0.2) is 4.68 Å². The first-order chi connectivity index (χ1) is 12.3. The van der Waals surface area contributed by atoms with Crippen LogP contribution in [-0.4, -0.2) is 45.0 Å². The number of rotatable bonds is 8. The number of ether oxygens (including phenoxy) is 1. The summed E-state index contributed by atoms with van der Waals surface area (Å²) < 4.78 is 7.43. The zero-order valence-electron chi connectivity index (χ0n) is 14.1. The molecule has 1 aromatic heterocycles. The van der Waals surface area contributed by atoms with Crippen LogP contribution in [0.1, 0.15) is 38.1 Å².